The lowest BCUT2D eigenvalue weighted by molar-refractivity contribution is -0.142. The van der Waals surface area contributed by atoms with Crippen molar-refractivity contribution < 1.29 is 9.90 Å². The number of hydrogen-bond donors (Lipinski definition) is 2. The van der Waals surface area contributed by atoms with Crippen molar-refractivity contribution in [2.75, 3.05) is 0 Å². The number of halogens is 1. The predicted octanol–water partition coefficient (Wildman–Crippen LogP) is 4.60. The number of aliphatic carboxylic acids is 1. The summed E-state index contributed by atoms with van der Waals surface area (Å²) in [5.74, 6) is -0.795. The number of nitrogens with one attached hydrogen (secondary N) is 1. The highest BCUT2D eigenvalue weighted by atomic mass is 35.5. The highest BCUT2D eigenvalue weighted by Crippen LogP contribution is 2.35. The molecule has 0 unspecified atom stereocenters. The van der Waals surface area contributed by atoms with Crippen LogP contribution in [-0.2, 0) is 11.3 Å². The SMILES string of the molecule is Cc1c(CNC2CCC(C(=O)O)CC2)sc2c(Cl)cccc12. The first-order valence-corrected chi connectivity index (χ1v) is 8.88. The summed E-state index contributed by atoms with van der Waals surface area (Å²) in [6.07, 6.45) is 3.46. The summed E-state index contributed by atoms with van der Waals surface area (Å²) < 4.78 is 1.16. The molecule has 1 aliphatic carbocycles. The van der Waals surface area contributed by atoms with Crippen molar-refractivity contribution >= 4 is 39.0 Å². The number of thiophene rings is 1. The Balaban J connectivity index is 1.64. The molecule has 1 fully saturated rings. The van der Waals surface area contributed by atoms with Crippen LogP contribution >= 0.6 is 22.9 Å². The molecular weight excluding hydrogens is 318 g/mol. The summed E-state index contributed by atoms with van der Waals surface area (Å²) in [4.78, 5) is 12.3. The van der Waals surface area contributed by atoms with Gasteiger partial charge in [-0.15, -0.1) is 11.3 Å². The number of benzene rings is 1. The Labute approximate surface area is 139 Å². The fourth-order valence-corrected chi connectivity index (χ4v) is 4.66. The molecule has 0 spiro atoms. The van der Waals surface area contributed by atoms with Gasteiger partial charge in [-0.3, -0.25) is 4.79 Å². The van der Waals surface area contributed by atoms with Crippen molar-refractivity contribution in [3.8, 4) is 0 Å². The van der Waals surface area contributed by atoms with Gasteiger partial charge in [0.1, 0.15) is 0 Å². The van der Waals surface area contributed by atoms with E-state index in [0.29, 0.717) is 6.04 Å². The molecule has 1 aliphatic rings. The quantitative estimate of drug-likeness (QED) is 0.857. The smallest absolute Gasteiger partial charge is 0.306 e. The van der Waals surface area contributed by atoms with Gasteiger partial charge in [-0.2, -0.15) is 0 Å². The van der Waals surface area contributed by atoms with Gasteiger partial charge >= 0.3 is 5.97 Å². The molecule has 2 aromatic rings. The van der Waals surface area contributed by atoms with Gasteiger partial charge in [0.2, 0.25) is 0 Å². The van der Waals surface area contributed by atoms with Crippen LogP contribution in [0, 0.1) is 12.8 Å². The van der Waals surface area contributed by atoms with Crippen LogP contribution in [-0.4, -0.2) is 17.1 Å². The minimum absolute atomic E-state index is 0.150. The van der Waals surface area contributed by atoms with Crippen LogP contribution in [0.15, 0.2) is 18.2 Å². The molecule has 0 amide bonds. The van der Waals surface area contributed by atoms with E-state index in [0.717, 1.165) is 42.0 Å². The molecule has 118 valence electrons. The van der Waals surface area contributed by atoms with Crippen LogP contribution in [0.2, 0.25) is 5.02 Å². The number of carboxylic acids is 1. The maximum Gasteiger partial charge on any atom is 0.306 e. The van der Waals surface area contributed by atoms with Crippen LogP contribution in [0.3, 0.4) is 0 Å². The highest BCUT2D eigenvalue weighted by molar-refractivity contribution is 7.20. The Morgan fingerprint density at radius 3 is 2.73 bits per heavy atom. The van der Waals surface area contributed by atoms with E-state index in [4.69, 9.17) is 16.7 Å². The first-order valence-electron chi connectivity index (χ1n) is 7.69. The second kappa shape index (κ2) is 6.57. The largest absolute Gasteiger partial charge is 0.481 e. The second-order valence-electron chi connectivity index (χ2n) is 6.03. The highest BCUT2D eigenvalue weighted by Gasteiger charge is 2.25. The Morgan fingerprint density at radius 2 is 2.09 bits per heavy atom. The zero-order chi connectivity index (χ0) is 15.7. The number of carboxylic acid groups (broad SMARTS) is 1. The summed E-state index contributed by atoms with van der Waals surface area (Å²) in [6.45, 7) is 2.98. The molecule has 0 bridgehead atoms. The van der Waals surface area contributed by atoms with Gasteiger partial charge < -0.3 is 10.4 Å². The van der Waals surface area contributed by atoms with Crippen molar-refractivity contribution in [2.45, 2.75) is 45.2 Å². The molecule has 0 radical (unpaired) electrons. The molecule has 3 nitrogen and oxygen atoms in total. The second-order valence-corrected chi connectivity index (χ2v) is 7.55. The molecular formula is C17H20ClNO2S. The maximum absolute atomic E-state index is 11.0. The number of aryl methyl sites for hydroxylation is 1. The lowest BCUT2D eigenvalue weighted by atomic mass is 9.86. The van der Waals surface area contributed by atoms with E-state index in [2.05, 4.69) is 18.3 Å². The summed E-state index contributed by atoms with van der Waals surface area (Å²) in [5, 5.41) is 14.7. The van der Waals surface area contributed by atoms with Crippen LogP contribution in [0.1, 0.15) is 36.1 Å². The van der Waals surface area contributed by atoms with Gasteiger partial charge in [0.05, 0.1) is 15.6 Å². The Morgan fingerprint density at radius 1 is 1.36 bits per heavy atom. The summed E-state index contributed by atoms with van der Waals surface area (Å²) in [7, 11) is 0. The standard InChI is InChI=1S/C17H20ClNO2S/c1-10-13-3-2-4-14(18)16(13)22-15(10)9-19-12-7-5-11(6-8-12)17(20)21/h2-4,11-12,19H,5-9H2,1H3,(H,20,21). The van der Waals surface area contributed by atoms with Crippen LogP contribution < -0.4 is 5.32 Å². The summed E-state index contributed by atoms with van der Waals surface area (Å²) in [5.41, 5.74) is 1.30. The predicted molar refractivity (Wildman–Crippen MR) is 91.8 cm³/mol. The van der Waals surface area contributed by atoms with Crippen molar-refractivity contribution in [3.63, 3.8) is 0 Å². The summed E-state index contributed by atoms with van der Waals surface area (Å²) in [6, 6.07) is 6.48. The molecule has 3 rings (SSSR count). The van der Waals surface area contributed by atoms with E-state index in [1.165, 1.54) is 15.8 Å². The minimum Gasteiger partial charge on any atom is -0.481 e. The first-order chi connectivity index (χ1) is 10.6. The normalized spacial score (nSPS) is 22.1. The Bertz CT molecular complexity index is 689. The average Bonchev–Trinajstić information content (AvgIpc) is 2.84. The van der Waals surface area contributed by atoms with Gasteiger partial charge in [-0.05, 0) is 49.6 Å². The Hall–Kier alpha value is -1.10. The molecule has 1 aromatic heterocycles. The van der Waals surface area contributed by atoms with Gasteiger partial charge in [0, 0.05) is 17.5 Å². The molecule has 1 saturated carbocycles. The van der Waals surface area contributed by atoms with E-state index in [9.17, 15) is 4.79 Å². The van der Waals surface area contributed by atoms with E-state index < -0.39 is 5.97 Å². The fourth-order valence-electron chi connectivity index (χ4n) is 3.21. The number of hydrogen-bond acceptors (Lipinski definition) is 3. The van der Waals surface area contributed by atoms with E-state index in [1.807, 2.05) is 12.1 Å². The monoisotopic (exact) mass is 337 g/mol. The zero-order valence-electron chi connectivity index (χ0n) is 12.6. The van der Waals surface area contributed by atoms with Crippen LogP contribution in [0.5, 0.6) is 0 Å². The number of carbonyl (C=O) groups is 1. The van der Waals surface area contributed by atoms with Crippen molar-refractivity contribution in [1.82, 2.24) is 5.32 Å². The van der Waals surface area contributed by atoms with Crippen molar-refractivity contribution in [2.24, 2.45) is 5.92 Å². The Kier molecular flexibility index (Phi) is 4.71. The van der Waals surface area contributed by atoms with E-state index >= 15 is 0 Å². The number of fused-ring (bicyclic) bond motifs is 1. The maximum atomic E-state index is 11.0. The lowest BCUT2D eigenvalue weighted by Gasteiger charge is -2.26. The number of rotatable bonds is 4. The first kappa shape index (κ1) is 15.8. The molecule has 0 atom stereocenters. The van der Waals surface area contributed by atoms with Gasteiger partial charge in [-0.1, -0.05) is 23.7 Å². The van der Waals surface area contributed by atoms with Crippen LogP contribution in [0.25, 0.3) is 10.1 Å². The molecule has 22 heavy (non-hydrogen) atoms. The third kappa shape index (κ3) is 3.14. The third-order valence-corrected chi connectivity index (χ3v) is 6.41. The molecule has 1 aromatic carbocycles. The van der Waals surface area contributed by atoms with E-state index in [1.54, 1.807) is 11.3 Å². The fraction of sp³-hybridized carbons (Fsp3) is 0.471. The van der Waals surface area contributed by atoms with Crippen molar-refractivity contribution in [3.05, 3.63) is 33.7 Å². The minimum atomic E-state index is -0.645. The van der Waals surface area contributed by atoms with Gasteiger partial charge in [-0.25, -0.2) is 0 Å². The van der Waals surface area contributed by atoms with E-state index in [-0.39, 0.29) is 5.92 Å². The average molecular weight is 338 g/mol. The molecule has 2 N–H and O–H groups in total. The molecule has 0 aliphatic heterocycles. The lowest BCUT2D eigenvalue weighted by Crippen LogP contribution is -2.34. The van der Waals surface area contributed by atoms with Gasteiger partial charge in [0.15, 0.2) is 0 Å². The third-order valence-electron chi connectivity index (χ3n) is 4.64. The summed E-state index contributed by atoms with van der Waals surface area (Å²) >= 11 is 8.03. The van der Waals surface area contributed by atoms with Gasteiger partial charge in [0.25, 0.3) is 0 Å². The zero-order valence-corrected chi connectivity index (χ0v) is 14.1. The van der Waals surface area contributed by atoms with Crippen LogP contribution in [0.4, 0.5) is 0 Å². The topological polar surface area (TPSA) is 49.3 Å². The van der Waals surface area contributed by atoms with Crippen molar-refractivity contribution in [1.29, 1.82) is 0 Å². The molecule has 5 heteroatoms. The molecule has 1 heterocycles. The molecule has 0 saturated heterocycles.